The van der Waals surface area contributed by atoms with E-state index in [1.165, 1.54) is 17.0 Å². The van der Waals surface area contributed by atoms with Gasteiger partial charge in [-0.3, -0.25) is 9.59 Å². The zero-order valence-corrected chi connectivity index (χ0v) is 19.2. The fourth-order valence-electron chi connectivity index (χ4n) is 3.22. The Labute approximate surface area is 189 Å². The van der Waals surface area contributed by atoms with Crippen LogP contribution in [0.15, 0.2) is 64.0 Å². The number of piperazine rings is 1. The highest BCUT2D eigenvalue weighted by Crippen LogP contribution is 2.23. The highest BCUT2D eigenvalue weighted by molar-refractivity contribution is 9.10. The van der Waals surface area contributed by atoms with Crippen LogP contribution in [0, 0.1) is 0 Å². The second kappa shape index (κ2) is 9.91. The average Bonchev–Trinajstić information content (AvgIpc) is 2.77. The molecule has 1 heterocycles. The van der Waals surface area contributed by atoms with E-state index in [2.05, 4.69) is 21.2 Å². The van der Waals surface area contributed by atoms with E-state index in [0.717, 1.165) is 14.3 Å². The molecule has 1 aliphatic rings. The second-order valence-electron chi connectivity index (χ2n) is 6.76. The first-order valence-corrected chi connectivity index (χ1v) is 12.0. The largest absolute Gasteiger partial charge is 0.351 e. The summed E-state index contributed by atoms with van der Waals surface area (Å²) < 4.78 is 28.4. The van der Waals surface area contributed by atoms with Crippen LogP contribution in [0.5, 0.6) is 0 Å². The Morgan fingerprint density at radius 3 is 2.37 bits per heavy atom. The average molecular weight is 515 g/mol. The van der Waals surface area contributed by atoms with E-state index >= 15 is 0 Å². The number of nitrogens with one attached hydrogen (secondary N) is 1. The summed E-state index contributed by atoms with van der Waals surface area (Å²) in [6.07, 6.45) is 0. The molecule has 1 N–H and O–H groups in total. The zero-order chi connectivity index (χ0) is 21.7. The molecular weight excluding hydrogens is 494 g/mol. The van der Waals surface area contributed by atoms with E-state index in [9.17, 15) is 18.0 Å². The number of alkyl halides is 1. The third-order valence-electron chi connectivity index (χ3n) is 4.83. The minimum absolute atomic E-state index is 0.00441. The zero-order valence-electron chi connectivity index (χ0n) is 16.0. The number of nitrogens with zero attached hydrogens (tertiary/aromatic N) is 2. The monoisotopic (exact) mass is 513 g/mol. The predicted octanol–water partition coefficient (Wildman–Crippen LogP) is 2.21. The smallest absolute Gasteiger partial charge is 0.243 e. The number of carbonyl (C=O) groups excluding carboxylic acids is 2. The van der Waals surface area contributed by atoms with Crippen molar-refractivity contribution in [3.63, 3.8) is 0 Å². The van der Waals surface area contributed by atoms with Crippen molar-refractivity contribution >= 4 is 49.4 Å². The van der Waals surface area contributed by atoms with Crippen molar-refractivity contribution in [1.82, 2.24) is 14.5 Å². The lowest BCUT2D eigenvalue weighted by Crippen LogP contribution is -2.61. The molecule has 3 rings (SSSR count). The van der Waals surface area contributed by atoms with Gasteiger partial charge in [-0.1, -0.05) is 46.3 Å². The normalized spacial score (nSPS) is 17.5. The van der Waals surface area contributed by atoms with Crippen LogP contribution in [0.2, 0.25) is 0 Å². The molecule has 0 spiro atoms. The minimum atomic E-state index is -3.93. The number of benzene rings is 2. The summed E-state index contributed by atoms with van der Waals surface area (Å²) in [6.45, 7) is 0.377. The summed E-state index contributed by atoms with van der Waals surface area (Å²) in [5.41, 5.74) is 0.887. The molecule has 10 heteroatoms. The fraction of sp³-hybridized carbons (Fsp3) is 0.300. The molecule has 2 aromatic carbocycles. The van der Waals surface area contributed by atoms with Crippen molar-refractivity contribution < 1.29 is 18.0 Å². The maximum Gasteiger partial charge on any atom is 0.243 e. The number of hydrogen-bond acceptors (Lipinski definition) is 4. The van der Waals surface area contributed by atoms with Crippen LogP contribution < -0.4 is 5.32 Å². The van der Waals surface area contributed by atoms with Crippen molar-refractivity contribution in [3.05, 3.63) is 64.6 Å². The van der Waals surface area contributed by atoms with Crippen LogP contribution in [0.25, 0.3) is 0 Å². The molecule has 7 nitrogen and oxygen atoms in total. The summed E-state index contributed by atoms with van der Waals surface area (Å²) in [5.74, 6) is -1.03. The van der Waals surface area contributed by atoms with E-state index < -0.39 is 22.0 Å². The van der Waals surface area contributed by atoms with Gasteiger partial charge in [0.15, 0.2) is 0 Å². The van der Waals surface area contributed by atoms with Crippen LogP contribution in [0.4, 0.5) is 0 Å². The summed E-state index contributed by atoms with van der Waals surface area (Å²) in [7, 11) is -3.93. The minimum Gasteiger partial charge on any atom is -0.351 e. The molecule has 2 aromatic rings. The van der Waals surface area contributed by atoms with Gasteiger partial charge in [-0.25, -0.2) is 8.42 Å². The Morgan fingerprint density at radius 1 is 1.07 bits per heavy atom. The van der Waals surface area contributed by atoms with Gasteiger partial charge in [-0.15, -0.1) is 11.6 Å². The molecule has 1 aliphatic heterocycles. The molecule has 1 atom stereocenters. The highest BCUT2D eigenvalue weighted by atomic mass is 79.9. The Morgan fingerprint density at radius 2 is 1.73 bits per heavy atom. The second-order valence-corrected chi connectivity index (χ2v) is 9.84. The summed E-state index contributed by atoms with van der Waals surface area (Å²) in [6, 6.07) is 14.5. The predicted molar refractivity (Wildman–Crippen MR) is 117 cm³/mol. The third kappa shape index (κ3) is 5.21. The number of amides is 2. The molecule has 2 amide bonds. The molecule has 0 saturated carbocycles. The van der Waals surface area contributed by atoms with Crippen molar-refractivity contribution in [2.75, 3.05) is 25.5 Å². The van der Waals surface area contributed by atoms with Crippen LogP contribution in [-0.4, -0.2) is 61.0 Å². The summed E-state index contributed by atoms with van der Waals surface area (Å²) >= 11 is 8.95. The molecule has 0 aliphatic carbocycles. The fourth-order valence-corrected chi connectivity index (χ4v) is 5.23. The van der Waals surface area contributed by atoms with Gasteiger partial charge < -0.3 is 10.2 Å². The first kappa shape index (κ1) is 22.7. The molecule has 0 aromatic heterocycles. The quantitative estimate of drug-likeness (QED) is 0.599. The molecule has 160 valence electrons. The molecule has 1 fully saturated rings. The molecule has 30 heavy (non-hydrogen) atoms. The lowest BCUT2D eigenvalue weighted by Gasteiger charge is -2.39. The summed E-state index contributed by atoms with van der Waals surface area (Å²) in [4.78, 5) is 26.6. The Balaban J connectivity index is 1.85. The van der Waals surface area contributed by atoms with E-state index in [1.54, 1.807) is 12.1 Å². The highest BCUT2D eigenvalue weighted by Gasteiger charge is 2.41. The summed E-state index contributed by atoms with van der Waals surface area (Å²) in [5, 5.41) is 2.79. The molecule has 1 saturated heterocycles. The number of sulfonamides is 1. The first-order chi connectivity index (χ1) is 14.3. The maximum absolute atomic E-state index is 13.2. The number of hydrogen-bond donors (Lipinski definition) is 1. The first-order valence-electron chi connectivity index (χ1n) is 9.25. The Bertz CT molecular complexity index is 1000. The van der Waals surface area contributed by atoms with Gasteiger partial charge >= 0.3 is 0 Å². The van der Waals surface area contributed by atoms with Gasteiger partial charge in [0.05, 0.1) is 4.90 Å². The van der Waals surface area contributed by atoms with Gasteiger partial charge in [0.25, 0.3) is 0 Å². The van der Waals surface area contributed by atoms with E-state index in [1.807, 2.05) is 30.3 Å². The molecular formula is C20H21BrClN3O4S. The Hall–Kier alpha value is -1.94. The number of carbonyl (C=O) groups is 2. The Kier molecular flexibility index (Phi) is 7.51. The molecule has 0 bridgehead atoms. The van der Waals surface area contributed by atoms with Gasteiger partial charge in [0.1, 0.15) is 11.9 Å². The van der Waals surface area contributed by atoms with Gasteiger partial charge in [0, 0.05) is 30.7 Å². The molecule has 1 unspecified atom stereocenters. The third-order valence-corrected chi connectivity index (χ3v) is 7.51. The van der Waals surface area contributed by atoms with E-state index in [0.29, 0.717) is 0 Å². The number of rotatable bonds is 6. The van der Waals surface area contributed by atoms with Crippen LogP contribution in [0.1, 0.15) is 5.56 Å². The van der Waals surface area contributed by atoms with Crippen LogP contribution >= 0.6 is 27.5 Å². The van der Waals surface area contributed by atoms with Gasteiger partial charge in [-0.05, 0) is 29.8 Å². The molecule has 0 radical (unpaired) electrons. The van der Waals surface area contributed by atoms with E-state index in [-0.39, 0.29) is 42.9 Å². The standard InChI is InChI=1S/C20H21BrClN3O4S/c21-16-6-8-17(9-7-16)30(28,29)25-11-10-24(19(26)12-22)14-18(25)20(27)23-13-15-4-2-1-3-5-15/h1-9,18H,10-14H2,(H,23,27). The van der Waals surface area contributed by atoms with Crippen LogP contribution in [0.3, 0.4) is 0 Å². The lowest BCUT2D eigenvalue weighted by atomic mass is 10.1. The van der Waals surface area contributed by atoms with Crippen molar-refractivity contribution in [1.29, 1.82) is 0 Å². The van der Waals surface area contributed by atoms with E-state index in [4.69, 9.17) is 11.6 Å². The number of halogens is 2. The van der Waals surface area contributed by atoms with Crippen molar-refractivity contribution in [2.45, 2.75) is 17.5 Å². The SMILES string of the molecule is O=C(NCc1ccccc1)C1CN(C(=O)CCl)CCN1S(=O)(=O)c1ccc(Br)cc1. The lowest BCUT2D eigenvalue weighted by molar-refractivity contribution is -0.134. The maximum atomic E-state index is 13.2. The van der Waals surface area contributed by atoms with Gasteiger partial charge in [-0.2, -0.15) is 4.31 Å². The topological polar surface area (TPSA) is 86.8 Å². The van der Waals surface area contributed by atoms with Crippen molar-refractivity contribution in [2.24, 2.45) is 0 Å². The van der Waals surface area contributed by atoms with Crippen molar-refractivity contribution in [3.8, 4) is 0 Å². The van der Waals surface area contributed by atoms with Crippen LogP contribution in [-0.2, 0) is 26.2 Å². The van der Waals surface area contributed by atoms with Gasteiger partial charge in [0.2, 0.25) is 21.8 Å².